The van der Waals surface area contributed by atoms with E-state index in [1.807, 2.05) is 86.6 Å². The van der Waals surface area contributed by atoms with E-state index in [9.17, 15) is 0 Å². The second-order valence-electron chi connectivity index (χ2n) is 18.7. The van der Waals surface area contributed by atoms with Crippen LogP contribution in [0.1, 0.15) is 126 Å². The number of unbranched alkanes of at least 4 members (excludes halogenated alkanes) is 11. The largest absolute Gasteiger partial charge is 0.377 e. The molecule has 1 saturated heterocycles. The quantitative estimate of drug-likeness (QED) is 0.0495. The SMILES string of the molecule is CCCCCCCCCCCCCC[C@@H]1OC(C)(C)O[C@@H]1C(N)CN[C@H]1C(OC)[C@@H](OCc2ccccc2)[C@H](OCc2ccccc2)C(OCc2ccccc2)[C@H]1OCc1ccccc1. The molecule has 356 valence electrons. The molecule has 4 aromatic rings. The molecule has 1 heterocycles. The van der Waals surface area contributed by atoms with Crippen LogP contribution in [0.4, 0.5) is 0 Å². The summed E-state index contributed by atoms with van der Waals surface area (Å²) in [6.07, 6.45) is 13.6. The van der Waals surface area contributed by atoms with Gasteiger partial charge in [0.1, 0.15) is 36.6 Å². The van der Waals surface area contributed by atoms with Crippen molar-refractivity contribution in [2.75, 3.05) is 13.7 Å². The van der Waals surface area contributed by atoms with Crippen molar-refractivity contribution in [2.45, 2.75) is 191 Å². The number of rotatable bonds is 30. The van der Waals surface area contributed by atoms with Crippen LogP contribution in [0.3, 0.4) is 0 Å². The Kier molecular flexibility index (Phi) is 21.9. The molecule has 0 radical (unpaired) electrons. The predicted molar refractivity (Wildman–Crippen MR) is 260 cm³/mol. The van der Waals surface area contributed by atoms with Gasteiger partial charge in [-0.1, -0.05) is 205 Å². The number of ether oxygens (including phenoxy) is 7. The monoisotopic (exact) mass is 893 g/mol. The Hall–Kier alpha value is -3.48. The van der Waals surface area contributed by atoms with E-state index in [4.69, 9.17) is 38.9 Å². The summed E-state index contributed by atoms with van der Waals surface area (Å²) in [6.45, 7) is 8.17. The highest BCUT2D eigenvalue weighted by Gasteiger charge is 2.54. The predicted octanol–water partition coefficient (Wildman–Crippen LogP) is 11.3. The normalized spacial score (nSPS) is 24.6. The summed E-state index contributed by atoms with van der Waals surface area (Å²) in [7, 11) is 1.74. The summed E-state index contributed by atoms with van der Waals surface area (Å²) in [5.41, 5.74) is 11.4. The van der Waals surface area contributed by atoms with E-state index in [1.165, 1.54) is 70.6 Å². The molecule has 0 bridgehead atoms. The molecule has 0 aromatic heterocycles. The van der Waals surface area contributed by atoms with Crippen molar-refractivity contribution in [2.24, 2.45) is 5.73 Å². The fraction of sp³-hybridized carbons (Fsp3) is 0.571. The molecular weight excluding hydrogens is 813 g/mol. The lowest BCUT2D eigenvalue weighted by Crippen LogP contribution is -2.71. The van der Waals surface area contributed by atoms with Gasteiger partial charge in [-0.3, -0.25) is 0 Å². The molecule has 3 N–H and O–H groups in total. The molecule has 2 fully saturated rings. The van der Waals surface area contributed by atoms with Gasteiger partial charge in [0.05, 0.1) is 38.6 Å². The maximum atomic E-state index is 7.18. The smallest absolute Gasteiger partial charge is 0.163 e. The van der Waals surface area contributed by atoms with Gasteiger partial charge in [0.15, 0.2) is 5.79 Å². The van der Waals surface area contributed by atoms with Gasteiger partial charge in [0.2, 0.25) is 0 Å². The van der Waals surface area contributed by atoms with Gasteiger partial charge < -0.3 is 44.2 Å². The molecule has 1 saturated carbocycles. The van der Waals surface area contributed by atoms with Gasteiger partial charge in [-0.05, 0) is 42.5 Å². The first kappa shape index (κ1) is 50.9. The fourth-order valence-corrected chi connectivity index (χ4v) is 9.53. The summed E-state index contributed by atoms with van der Waals surface area (Å²) in [4.78, 5) is 0. The molecule has 0 spiro atoms. The summed E-state index contributed by atoms with van der Waals surface area (Å²) >= 11 is 0. The molecule has 2 aliphatic rings. The van der Waals surface area contributed by atoms with E-state index in [0.717, 1.165) is 35.1 Å². The lowest BCUT2D eigenvalue weighted by Gasteiger charge is -2.50. The molecule has 0 amide bonds. The zero-order chi connectivity index (χ0) is 45.5. The maximum absolute atomic E-state index is 7.18. The van der Waals surface area contributed by atoms with Crippen LogP contribution in [0.2, 0.25) is 0 Å². The van der Waals surface area contributed by atoms with Gasteiger partial charge in [-0.25, -0.2) is 0 Å². The highest BCUT2D eigenvalue weighted by Crippen LogP contribution is 2.36. The van der Waals surface area contributed by atoms with Crippen LogP contribution in [0.5, 0.6) is 0 Å². The minimum absolute atomic E-state index is 0.0979. The molecule has 9 atom stereocenters. The summed E-state index contributed by atoms with van der Waals surface area (Å²) in [5, 5.41) is 3.87. The van der Waals surface area contributed by atoms with Crippen molar-refractivity contribution < 1.29 is 33.2 Å². The van der Waals surface area contributed by atoms with Crippen molar-refractivity contribution >= 4 is 0 Å². The Labute approximate surface area is 391 Å². The van der Waals surface area contributed by atoms with Crippen LogP contribution in [0.25, 0.3) is 0 Å². The van der Waals surface area contributed by atoms with Crippen molar-refractivity contribution in [3.8, 4) is 0 Å². The molecule has 6 rings (SSSR count). The standard InChI is InChI=1S/C56H80N2O7/c1-5-6-7-8-9-10-11-12-13-14-15-28-37-48-50(65-56(2,3)64-48)47(57)38-58-49-51(59-4)53(61-40-44-31-22-17-23-32-44)55(63-42-46-35-26-19-27-36-46)54(62-41-45-33-24-18-25-34-45)52(49)60-39-43-29-20-16-21-30-43/h16-27,29-36,47-55,58H,5-15,28,37-42,57H2,1-4H3/t47?,48-,49-,50+,51?,52-,53+,54?,55-/m0/s1. The number of methoxy groups -OCH3 is 1. The number of nitrogens with one attached hydrogen (secondary N) is 1. The number of benzene rings is 4. The van der Waals surface area contributed by atoms with Crippen molar-refractivity contribution in [1.29, 1.82) is 0 Å². The third kappa shape index (κ3) is 16.7. The topological polar surface area (TPSA) is 103 Å². The van der Waals surface area contributed by atoms with Gasteiger partial charge >= 0.3 is 0 Å². The molecule has 3 unspecified atom stereocenters. The fourth-order valence-electron chi connectivity index (χ4n) is 9.53. The highest BCUT2D eigenvalue weighted by molar-refractivity contribution is 5.18. The van der Waals surface area contributed by atoms with Crippen LogP contribution < -0.4 is 11.1 Å². The molecule has 1 aliphatic heterocycles. The minimum Gasteiger partial charge on any atom is -0.377 e. The van der Waals surface area contributed by atoms with E-state index < -0.39 is 42.3 Å². The Morgan fingerprint density at radius 3 is 1.29 bits per heavy atom. The minimum atomic E-state index is -0.721. The molecule has 9 heteroatoms. The zero-order valence-corrected chi connectivity index (χ0v) is 39.9. The first-order chi connectivity index (χ1) is 31.8. The zero-order valence-electron chi connectivity index (χ0n) is 39.9. The van der Waals surface area contributed by atoms with E-state index in [1.54, 1.807) is 7.11 Å². The van der Waals surface area contributed by atoms with Crippen LogP contribution >= 0.6 is 0 Å². The highest BCUT2D eigenvalue weighted by atomic mass is 16.8. The molecular formula is C56H80N2O7. The van der Waals surface area contributed by atoms with Crippen molar-refractivity contribution in [3.63, 3.8) is 0 Å². The van der Waals surface area contributed by atoms with E-state index in [2.05, 4.69) is 60.8 Å². The lowest BCUT2D eigenvalue weighted by molar-refractivity contribution is -0.254. The van der Waals surface area contributed by atoms with Crippen molar-refractivity contribution in [3.05, 3.63) is 144 Å². The summed E-state index contributed by atoms with van der Waals surface area (Å²) < 4.78 is 47.7. The second-order valence-corrected chi connectivity index (χ2v) is 18.7. The van der Waals surface area contributed by atoms with Crippen molar-refractivity contribution in [1.82, 2.24) is 5.32 Å². The van der Waals surface area contributed by atoms with Crippen LogP contribution in [0, 0.1) is 0 Å². The third-order valence-corrected chi connectivity index (χ3v) is 13.0. The Morgan fingerprint density at radius 1 is 0.508 bits per heavy atom. The molecule has 4 aromatic carbocycles. The third-order valence-electron chi connectivity index (χ3n) is 13.0. The van der Waals surface area contributed by atoms with Gasteiger partial charge in [0.25, 0.3) is 0 Å². The maximum Gasteiger partial charge on any atom is 0.163 e. The van der Waals surface area contributed by atoms with Crippen LogP contribution in [-0.2, 0) is 59.6 Å². The van der Waals surface area contributed by atoms with Gasteiger partial charge in [0, 0.05) is 19.7 Å². The first-order valence-electron chi connectivity index (χ1n) is 24.8. The molecule has 65 heavy (non-hydrogen) atoms. The van der Waals surface area contributed by atoms with Gasteiger partial charge in [-0.15, -0.1) is 0 Å². The van der Waals surface area contributed by atoms with Crippen LogP contribution in [-0.4, -0.2) is 74.3 Å². The van der Waals surface area contributed by atoms with E-state index in [0.29, 0.717) is 33.0 Å². The number of nitrogens with two attached hydrogens (primary N) is 1. The number of hydrogen-bond acceptors (Lipinski definition) is 9. The van der Waals surface area contributed by atoms with E-state index >= 15 is 0 Å². The Morgan fingerprint density at radius 2 is 0.877 bits per heavy atom. The van der Waals surface area contributed by atoms with Gasteiger partial charge in [-0.2, -0.15) is 0 Å². The summed E-state index contributed by atoms with van der Waals surface area (Å²) in [6, 6.07) is 40.2. The van der Waals surface area contributed by atoms with Crippen LogP contribution in [0.15, 0.2) is 121 Å². The number of hydrogen-bond donors (Lipinski definition) is 2. The second kappa shape index (κ2) is 28.0. The first-order valence-corrected chi connectivity index (χ1v) is 24.8. The Balaban J connectivity index is 1.20. The summed E-state index contributed by atoms with van der Waals surface area (Å²) in [5.74, 6) is -0.721. The Bertz CT molecular complexity index is 1820. The molecule has 1 aliphatic carbocycles. The lowest BCUT2D eigenvalue weighted by atomic mass is 9.81. The average molecular weight is 893 g/mol. The average Bonchev–Trinajstić information content (AvgIpc) is 3.66. The molecule has 9 nitrogen and oxygen atoms in total. The van der Waals surface area contributed by atoms with E-state index in [-0.39, 0.29) is 18.2 Å².